The number of nitrogen functional groups attached to an aromatic ring is 1. The molecule has 5 heteroatoms. The zero-order chi connectivity index (χ0) is 13.1. The second-order valence-electron chi connectivity index (χ2n) is 4.32. The number of para-hydroxylation sites is 1. The smallest absolute Gasteiger partial charge is 0.314 e. The van der Waals surface area contributed by atoms with E-state index in [1.54, 1.807) is 19.9 Å². The van der Waals surface area contributed by atoms with E-state index < -0.39 is 5.41 Å². The van der Waals surface area contributed by atoms with Crippen LogP contribution in [0.2, 0.25) is 0 Å². The van der Waals surface area contributed by atoms with Crippen LogP contribution in [0.4, 0.5) is 5.69 Å². The van der Waals surface area contributed by atoms with E-state index in [0.717, 1.165) is 4.47 Å². The van der Waals surface area contributed by atoms with Crippen molar-refractivity contribution in [1.29, 1.82) is 0 Å². The summed E-state index contributed by atoms with van der Waals surface area (Å²) in [6, 6.07) is 5.39. The first-order chi connectivity index (χ1) is 7.88. The average molecular weight is 302 g/mol. The normalized spacial score (nSPS) is 11.1. The molecular weight excluding hydrogens is 286 g/mol. The van der Waals surface area contributed by atoms with Crippen molar-refractivity contribution in [2.45, 2.75) is 13.8 Å². The van der Waals surface area contributed by atoms with Crippen molar-refractivity contribution >= 4 is 27.6 Å². The van der Waals surface area contributed by atoms with Gasteiger partial charge in [0.2, 0.25) is 0 Å². The van der Waals surface area contributed by atoms with E-state index in [0.29, 0.717) is 11.4 Å². The van der Waals surface area contributed by atoms with E-state index >= 15 is 0 Å². The zero-order valence-electron chi connectivity index (χ0n) is 10.1. The minimum atomic E-state index is -0.712. The molecule has 2 N–H and O–H groups in total. The van der Waals surface area contributed by atoms with Crippen LogP contribution in [0.15, 0.2) is 22.7 Å². The molecular formula is C12H16BrNO3. The summed E-state index contributed by atoms with van der Waals surface area (Å²) in [5.41, 5.74) is 5.60. The molecule has 1 aromatic rings. The highest BCUT2D eigenvalue weighted by Gasteiger charge is 2.30. The Kier molecular flexibility index (Phi) is 4.40. The first-order valence-electron chi connectivity index (χ1n) is 5.13. The van der Waals surface area contributed by atoms with Gasteiger partial charge in [-0.15, -0.1) is 0 Å². The average Bonchev–Trinajstić information content (AvgIpc) is 2.27. The lowest BCUT2D eigenvalue weighted by Crippen LogP contribution is -2.32. The highest BCUT2D eigenvalue weighted by molar-refractivity contribution is 9.10. The number of ether oxygens (including phenoxy) is 2. The van der Waals surface area contributed by atoms with Gasteiger partial charge >= 0.3 is 5.97 Å². The number of methoxy groups -OCH3 is 1. The van der Waals surface area contributed by atoms with Crippen molar-refractivity contribution in [1.82, 2.24) is 0 Å². The predicted molar refractivity (Wildman–Crippen MR) is 69.8 cm³/mol. The Morgan fingerprint density at radius 2 is 2.12 bits per heavy atom. The highest BCUT2D eigenvalue weighted by atomic mass is 79.9. The van der Waals surface area contributed by atoms with E-state index in [2.05, 4.69) is 15.9 Å². The minimum absolute atomic E-state index is 0.201. The van der Waals surface area contributed by atoms with Gasteiger partial charge in [0.25, 0.3) is 0 Å². The van der Waals surface area contributed by atoms with Gasteiger partial charge < -0.3 is 15.2 Å². The Labute approximate surface area is 109 Å². The van der Waals surface area contributed by atoms with Gasteiger partial charge in [-0.1, -0.05) is 6.07 Å². The first-order valence-corrected chi connectivity index (χ1v) is 5.93. The maximum atomic E-state index is 11.5. The molecule has 0 aliphatic heterocycles. The molecule has 0 saturated heterocycles. The van der Waals surface area contributed by atoms with Crippen LogP contribution in [-0.4, -0.2) is 19.7 Å². The van der Waals surface area contributed by atoms with Gasteiger partial charge in [-0.2, -0.15) is 0 Å². The molecule has 0 bridgehead atoms. The molecule has 17 heavy (non-hydrogen) atoms. The van der Waals surface area contributed by atoms with Crippen molar-refractivity contribution in [3.8, 4) is 5.75 Å². The van der Waals surface area contributed by atoms with E-state index in [9.17, 15) is 4.79 Å². The van der Waals surface area contributed by atoms with Crippen LogP contribution in [0.1, 0.15) is 13.8 Å². The molecule has 1 rings (SSSR count). The van der Waals surface area contributed by atoms with Crippen LogP contribution in [-0.2, 0) is 9.53 Å². The van der Waals surface area contributed by atoms with Gasteiger partial charge in [0.1, 0.15) is 6.61 Å². The molecule has 0 heterocycles. The molecule has 0 saturated carbocycles. The standard InChI is InChI=1S/C12H16BrNO3/c1-12(2,11(15)16-3)7-17-10-8(13)5-4-6-9(10)14/h4-6H,7,14H2,1-3H3. The van der Waals surface area contributed by atoms with Gasteiger partial charge in [-0.3, -0.25) is 4.79 Å². The molecule has 4 nitrogen and oxygen atoms in total. The lowest BCUT2D eigenvalue weighted by molar-refractivity contribution is -0.152. The summed E-state index contributed by atoms with van der Waals surface area (Å²) >= 11 is 3.35. The van der Waals surface area contributed by atoms with Crippen LogP contribution in [0.5, 0.6) is 5.75 Å². The number of anilines is 1. The number of rotatable bonds is 4. The quantitative estimate of drug-likeness (QED) is 0.686. The molecule has 0 atom stereocenters. The van der Waals surface area contributed by atoms with Crippen molar-refractivity contribution < 1.29 is 14.3 Å². The SMILES string of the molecule is COC(=O)C(C)(C)COc1c(N)cccc1Br. The van der Waals surface area contributed by atoms with E-state index in [1.165, 1.54) is 7.11 Å². The Balaban J connectivity index is 2.77. The number of carbonyl (C=O) groups excluding carboxylic acids is 1. The number of hydrogen-bond donors (Lipinski definition) is 1. The molecule has 1 aromatic carbocycles. The van der Waals surface area contributed by atoms with Gasteiger partial charge in [-0.05, 0) is 41.9 Å². The Hall–Kier alpha value is -1.23. The largest absolute Gasteiger partial charge is 0.489 e. The van der Waals surface area contributed by atoms with Gasteiger partial charge in [0.05, 0.1) is 22.7 Å². The zero-order valence-corrected chi connectivity index (χ0v) is 11.7. The number of carbonyl (C=O) groups is 1. The highest BCUT2D eigenvalue weighted by Crippen LogP contribution is 2.32. The number of esters is 1. The third-order valence-corrected chi connectivity index (χ3v) is 2.94. The molecule has 0 spiro atoms. The summed E-state index contributed by atoms with van der Waals surface area (Å²) in [5.74, 6) is 0.229. The number of halogens is 1. The lowest BCUT2D eigenvalue weighted by Gasteiger charge is -2.22. The van der Waals surface area contributed by atoms with E-state index in [4.69, 9.17) is 15.2 Å². The van der Waals surface area contributed by atoms with Gasteiger partial charge in [0, 0.05) is 0 Å². The van der Waals surface area contributed by atoms with Crippen molar-refractivity contribution in [3.63, 3.8) is 0 Å². The molecule has 0 fully saturated rings. The number of benzene rings is 1. The molecule has 0 unspecified atom stereocenters. The van der Waals surface area contributed by atoms with Crippen molar-refractivity contribution in [2.24, 2.45) is 5.41 Å². The van der Waals surface area contributed by atoms with Crippen molar-refractivity contribution in [2.75, 3.05) is 19.5 Å². The van der Waals surface area contributed by atoms with Crippen LogP contribution in [0.3, 0.4) is 0 Å². The third-order valence-electron chi connectivity index (χ3n) is 2.31. The van der Waals surface area contributed by atoms with E-state index in [-0.39, 0.29) is 12.6 Å². The maximum absolute atomic E-state index is 11.5. The maximum Gasteiger partial charge on any atom is 0.314 e. The summed E-state index contributed by atoms with van der Waals surface area (Å²) in [6.07, 6.45) is 0. The minimum Gasteiger partial charge on any atom is -0.489 e. The van der Waals surface area contributed by atoms with Crippen molar-refractivity contribution in [3.05, 3.63) is 22.7 Å². The molecule has 0 aliphatic carbocycles. The number of nitrogens with two attached hydrogens (primary N) is 1. The van der Waals surface area contributed by atoms with Crippen LogP contribution in [0.25, 0.3) is 0 Å². The molecule has 0 aliphatic rings. The summed E-state index contributed by atoms with van der Waals surface area (Å²) in [4.78, 5) is 11.5. The summed E-state index contributed by atoms with van der Waals surface area (Å²) < 4.78 is 11.0. The predicted octanol–water partition coefficient (Wildman–Crippen LogP) is 2.61. The Bertz CT molecular complexity index is 398. The summed E-state index contributed by atoms with van der Waals surface area (Å²) in [7, 11) is 1.36. The summed E-state index contributed by atoms with van der Waals surface area (Å²) in [6.45, 7) is 3.71. The fourth-order valence-electron chi connectivity index (χ4n) is 1.27. The van der Waals surface area contributed by atoms with Crippen LogP contribution >= 0.6 is 15.9 Å². The van der Waals surface area contributed by atoms with Gasteiger partial charge in [-0.25, -0.2) is 0 Å². The van der Waals surface area contributed by atoms with Crippen LogP contribution < -0.4 is 10.5 Å². The summed E-state index contributed by atoms with van der Waals surface area (Å²) in [5, 5.41) is 0. The fourth-order valence-corrected chi connectivity index (χ4v) is 1.76. The second-order valence-corrected chi connectivity index (χ2v) is 5.18. The van der Waals surface area contributed by atoms with Crippen LogP contribution in [0, 0.1) is 5.41 Å². The lowest BCUT2D eigenvalue weighted by atomic mass is 9.95. The monoisotopic (exact) mass is 301 g/mol. The second kappa shape index (κ2) is 5.40. The van der Waals surface area contributed by atoms with E-state index in [1.807, 2.05) is 12.1 Å². The van der Waals surface area contributed by atoms with Gasteiger partial charge in [0.15, 0.2) is 5.75 Å². The molecule has 0 amide bonds. The Morgan fingerprint density at radius 3 is 2.65 bits per heavy atom. The molecule has 0 aromatic heterocycles. The third kappa shape index (κ3) is 3.36. The molecule has 0 radical (unpaired) electrons. The Morgan fingerprint density at radius 1 is 1.47 bits per heavy atom. The topological polar surface area (TPSA) is 61.5 Å². The first kappa shape index (κ1) is 13.8. The molecule has 94 valence electrons. The number of hydrogen-bond acceptors (Lipinski definition) is 4. The fraction of sp³-hybridized carbons (Fsp3) is 0.417.